The highest BCUT2D eigenvalue weighted by Gasteiger charge is 2.48. The van der Waals surface area contributed by atoms with Crippen LogP contribution in [0, 0.1) is 6.92 Å². The van der Waals surface area contributed by atoms with E-state index in [2.05, 4.69) is 21.2 Å². The van der Waals surface area contributed by atoms with E-state index >= 15 is 0 Å². The third-order valence-corrected chi connectivity index (χ3v) is 7.15. The van der Waals surface area contributed by atoms with Gasteiger partial charge in [-0.05, 0) is 27.2 Å². The number of hydrogen-bond acceptors (Lipinski definition) is 5. The van der Waals surface area contributed by atoms with Gasteiger partial charge >= 0.3 is 0 Å². The summed E-state index contributed by atoms with van der Waals surface area (Å²) in [7, 11) is -3.14. The lowest BCUT2D eigenvalue weighted by Gasteiger charge is -2.43. The van der Waals surface area contributed by atoms with Gasteiger partial charge in [-0.3, -0.25) is 14.8 Å². The zero-order valence-corrected chi connectivity index (χ0v) is 16.8. The lowest BCUT2D eigenvalue weighted by Crippen LogP contribution is -2.60. The molecule has 2 saturated heterocycles. The maximum Gasteiger partial charge on any atom is 0.275 e. The predicted octanol–water partition coefficient (Wildman–Crippen LogP) is 1.17. The molecule has 0 aromatic carbocycles. The van der Waals surface area contributed by atoms with Crippen molar-refractivity contribution in [3.63, 3.8) is 0 Å². The number of aromatic nitrogens is 2. The normalized spacial score (nSPS) is 25.2. The van der Waals surface area contributed by atoms with Crippen molar-refractivity contribution in [3.8, 4) is 0 Å². The molecule has 1 amide bonds. The van der Waals surface area contributed by atoms with Crippen molar-refractivity contribution in [2.24, 2.45) is 0 Å². The van der Waals surface area contributed by atoms with Crippen molar-refractivity contribution < 1.29 is 13.2 Å². The van der Waals surface area contributed by atoms with Crippen molar-refractivity contribution in [1.29, 1.82) is 0 Å². The standard InChI is InChI=1S/C18H28N4O3S/c1-5-14-13(4)17(20-19-14)18(23)22-9-8-21(7-6-12(2)3)15-10-26(24,25)11-16(15)22/h6,15-16H,5,7-11H2,1-4H3,(H,19,20)/t15-,16+/m0/s1. The first-order valence-electron chi connectivity index (χ1n) is 9.16. The molecule has 26 heavy (non-hydrogen) atoms. The molecule has 0 bridgehead atoms. The second kappa shape index (κ2) is 7.15. The van der Waals surface area contributed by atoms with Crippen LogP contribution < -0.4 is 0 Å². The zero-order chi connectivity index (χ0) is 19.1. The summed E-state index contributed by atoms with van der Waals surface area (Å²) in [5.41, 5.74) is 3.44. The quantitative estimate of drug-likeness (QED) is 0.793. The second-order valence-corrected chi connectivity index (χ2v) is 9.67. The third-order valence-electron chi connectivity index (χ3n) is 5.45. The summed E-state index contributed by atoms with van der Waals surface area (Å²) in [6.45, 7) is 9.90. The van der Waals surface area contributed by atoms with Crippen molar-refractivity contribution in [2.75, 3.05) is 31.1 Å². The van der Waals surface area contributed by atoms with Gasteiger partial charge in [-0.15, -0.1) is 0 Å². The van der Waals surface area contributed by atoms with Gasteiger partial charge in [0.05, 0.1) is 17.5 Å². The van der Waals surface area contributed by atoms with Crippen LogP contribution in [0.25, 0.3) is 0 Å². The van der Waals surface area contributed by atoms with Gasteiger partial charge in [0.25, 0.3) is 5.91 Å². The molecule has 0 saturated carbocycles. The van der Waals surface area contributed by atoms with Crippen LogP contribution in [-0.2, 0) is 16.3 Å². The molecule has 2 aliphatic heterocycles. The number of nitrogens with one attached hydrogen (secondary N) is 1. The summed E-state index contributed by atoms with van der Waals surface area (Å²) in [6.07, 6.45) is 2.90. The fourth-order valence-electron chi connectivity index (χ4n) is 3.93. The Morgan fingerprint density at radius 2 is 1.96 bits per heavy atom. The van der Waals surface area contributed by atoms with Crippen LogP contribution in [0.3, 0.4) is 0 Å². The predicted molar refractivity (Wildman–Crippen MR) is 101 cm³/mol. The number of sulfone groups is 1. The summed E-state index contributed by atoms with van der Waals surface area (Å²) in [4.78, 5) is 17.0. The van der Waals surface area contributed by atoms with E-state index in [1.54, 1.807) is 4.90 Å². The molecule has 7 nitrogen and oxygen atoms in total. The van der Waals surface area contributed by atoms with Crippen molar-refractivity contribution >= 4 is 15.7 Å². The fourth-order valence-corrected chi connectivity index (χ4v) is 5.94. The fraction of sp³-hybridized carbons (Fsp3) is 0.667. The van der Waals surface area contributed by atoms with E-state index in [1.807, 2.05) is 27.7 Å². The molecule has 2 aliphatic rings. The van der Waals surface area contributed by atoms with Crippen LogP contribution in [0.2, 0.25) is 0 Å². The van der Waals surface area contributed by atoms with Gasteiger partial charge in [-0.2, -0.15) is 5.10 Å². The molecular weight excluding hydrogens is 352 g/mol. The number of hydrogen-bond donors (Lipinski definition) is 1. The number of allylic oxidation sites excluding steroid dienone is 1. The van der Waals surface area contributed by atoms with E-state index in [9.17, 15) is 13.2 Å². The lowest BCUT2D eigenvalue weighted by atomic mass is 10.0. The van der Waals surface area contributed by atoms with Gasteiger partial charge in [0.1, 0.15) is 0 Å². The molecule has 0 spiro atoms. The van der Waals surface area contributed by atoms with E-state index < -0.39 is 9.84 Å². The van der Waals surface area contributed by atoms with E-state index in [-0.39, 0.29) is 29.5 Å². The molecule has 1 aromatic heterocycles. The molecule has 0 unspecified atom stereocenters. The lowest BCUT2D eigenvalue weighted by molar-refractivity contribution is 0.0362. The molecule has 0 aliphatic carbocycles. The van der Waals surface area contributed by atoms with Crippen LogP contribution in [-0.4, -0.2) is 77.5 Å². The number of fused-ring (bicyclic) bond motifs is 1. The highest BCUT2D eigenvalue weighted by Crippen LogP contribution is 2.28. The van der Waals surface area contributed by atoms with Crippen molar-refractivity contribution in [3.05, 3.63) is 28.6 Å². The summed E-state index contributed by atoms with van der Waals surface area (Å²) >= 11 is 0. The number of piperazine rings is 1. The summed E-state index contributed by atoms with van der Waals surface area (Å²) in [5.74, 6) is 0.00353. The zero-order valence-electron chi connectivity index (χ0n) is 15.9. The molecule has 1 N–H and O–H groups in total. The van der Waals surface area contributed by atoms with E-state index in [1.165, 1.54) is 5.57 Å². The van der Waals surface area contributed by atoms with Gasteiger partial charge < -0.3 is 4.90 Å². The molecule has 3 heterocycles. The minimum absolute atomic E-state index is 0.0405. The minimum Gasteiger partial charge on any atom is -0.330 e. The SMILES string of the molecule is CCc1[nH]nc(C(=O)N2CCN(CC=C(C)C)[C@H]3CS(=O)(=O)C[C@H]32)c1C. The van der Waals surface area contributed by atoms with Crippen LogP contribution in [0.5, 0.6) is 0 Å². The Hall–Kier alpha value is -1.67. The maximum absolute atomic E-state index is 13.1. The van der Waals surface area contributed by atoms with Crippen molar-refractivity contribution in [1.82, 2.24) is 20.0 Å². The average molecular weight is 381 g/mol. The van der Waals surface area contributed by atoms with Gasteiger partial charge in [-0.25, -0.2) is 8.42 Å². The first kappa shape index (κ1) is 19.1. The molecule has 1 aromatic rings. The Kier molecular flexibility index (Phi) is 5.25. The first-order chi connectivity index (χ1) is 12.2. The number of amides is 1. The topological polar surface area (TPSA) is 86.4 Å². The van der Waals surface area contributed by atoms with E-state index in [0.717, 1.165) is 24.2 Å². The third kappa shape index (κ3) is 3.57. The number of nitrogens with zero attached hydrogens (tertiary/aromatic N) is 3. The summed E-state index contributed by atoms with van der Waals surface area (Å²) in [6, 6.07) is -0.439. The number of H-pyrrole nitrogens is 1. The second-order valence-electron chi connectivity index (χ2n) is 7.52. The molecule has 144 valence electrons. The number of aromatic amines is 1. The number of rotatable bonds is 4. The first-order valence-corrected chi connectivity index (χ1v) is 11.0. The van der Waals surface area contributed by atoms with E-state index in [4.69, 9.17) is 0 Å². The Morgan fingerprint density at radius 1 is 1.27 bits per heavy atom. The highest BCUT2D eigenvalue weighted by atomic mass is 32.2. The largest absolute Gasteiger partial charge is 0.330 e. The van der Waals surface area contributed by atoms with E-state index in [0.29, 0.717) is 18.8 Å². The summed E-state index contributed by atoms with van der Waals surface area (Å²) < 4.78 is 24.6. The van der Waals surface area contributed by atoms with Crippen molar-refractivity contribution in [2.45, 2.75) is 46.2 Å². The molecular formula is C18H28N4O3S. The average Bonchev–Trinajstić information content (AvgIpc) is 3.10. The summed E-state index contributed by atoms with van der Waals surface area (Å²) in [5, 5.41) is 7.13. The molecule has 2 fully saturated rings. The number of carbonyl (C=O) groups excluding carboxylic acids is 1. The Bertz CT molecular complexity index is 823. The Labute approximate surface area is 155 Å². The Balaban J connectivity index is 1.86. The molecule has 0 radical (unpaired) electrons. The monoisotopic (exact) mass is 380 g/mol. The molecule has 8 heteroatoms. The van der Waals surface area contributed by atoms with Crippen LogP contribution in [0.4, 0.5) is 0 Å². The molecule has 3 rings (SSSR count). The van der Waals surface area contributed by atoms with Crippen LogP contribution >= 0.6 is 0 Å². The van der Waals surface area contributed by atoms with Gasteiger partial charge in [-0.1, -0.05) is 18.6 Å². The smallest absolute Gasteiger partial charge is 0.275 e. The molecule has 2 atom stereocenters. The van der Waals surface area contributed by atoms with Crippen LogP contribution in [0.1, 0.15) is 42.5 Å². The van der Waals surface area contributed by atoms with Crippen LogP contribution in [0.15, 0.2) is 11.6 Å². The van der Waals surface area contributed by atoms with Gasteiger partial charge in [0, 0.05) is 36.9 Å². The maximum atomic E-state index is 13.1. The van der Waals surface area contributed by atoms with Gasteiger partial charge in [0.2, 0.25) is 0 Å². The highest BCUT2D eigenvalue weighted by molar-refractivity contribution is 7.91. The Morgan fingerprint density at radius 3 is 2.58 bits per heavy atom. The van der Waals surface area contributed by atoms with Gasteiger partial charge in [0.15, 0.2) is 15.5 Å². The number of carbonyl (C=O) groups is 1. The minimum atomic E-state index is -3.14. The number of aryl methyl sites for hydroxylation is 1.